The summed E-state index contributed by atoms with van der Waals surface area (Å²) in [5.41, 5.74) is -0.499. The number of aromatic carboxylic acids is 1. The highest BCUT2D eigenvalue weighted by Gasteiger charge is 2.48. The minimum absolute atomic E-state index is 0.154. The Morgan fingerprint density at radius 2 is 2.26 bits per heavy atom. The fraction of sp³-hybridized carbons (Fsp3) is 0.421. The molecule has 0 aliphatic carbocycles. The number of carboxylic acids is 1. The van der Waals surface area contributed by atoms with E-state index in [1.807, 2.05) is 0 Å². The first-order valence-electron chi connectivity index (χ1n) is 9.97. The number of aliphatic hydroxyl groups is 2. The largest absolute Gasteiger partial charge is 0.476 e. The first kappa shape index (κ1) is 25.4. The summed E-state index contributed by atoms with van der Waals surface area (Å²) in [6, 6.07) is 0.815. The summed E-state index contributed by atoms with van der Waals surface area (Å²) in [4.78, 5) is 20.2. The van der Waals surface area contributed by atoms with Crippen LogP contribution in [0.2, 0.25) is 5.15 Å². The van der Waals surface area contributed by atoms with Crippen molar-refractivity contribution in [2.75, 3.05) is 13.2 Å². The van der Waals surface area contributed by atoms with Gasteiger partial charge in [-0.15, -0.1) is 16.4 Å². The van der Waals surface area contributed by atoms with Crippen molar-refractivity contribution in [3.05, 3.63) is 39.2 Å². The minimum Gasteiger partial charge on any atom is -0.476 e. The lowest BCUT2D eigenvalue weighted by molar-refractivity contribution is -0.191. The molecule has 2 unspecified atom stereocenters. The zero-order valence-electron chi connectivity index (χ0n) is 17.5. The van der Waals surface area contributed by atoms with E-state index < -0.39 is 42.4 Å². The molecule has 3 aromatic rings. The summed E-state index contributed by atoms with van der Waals surface area (Å²) in [6.07, 6.45) is 0.0601. The number of halogens is 2. The number of ether oxygens (including phenoxy) is 2. The average Bonchev–Trinajstić information content (AvgIpc) is 3.45. The van der Waals surface area contributed by atoms with E-state index in [2.05, 4.69) is 36.2 Å². The summed E-state index contributed by atoms with van der Waals surface area (Å²) in [7, 11) is 0. The molecule has 0 amide bonds. The number of pyridine rings is 1. The number of hydrogen-bond donors (Lipinski definition) is 3. The molecular weight excluding hydrogens is 574 g/mol. The van der Waals surface area contributed by atoms with E-state index in [1.165, 1.54) is 22.2 Å². The van der Waals surface area contributed by atoms with Crippen molar-refractivity contribution in [1.82, 2.24) is 25.0 Å². The van der Waals surface area contributed by atoms with Gasteiger partial charge in [-0.2, -0.15) is 0 Å². The summed E-state index contributed by atoms with van der Waals surface area (Å²) in [5, 5.41) is 41.3. The molecule has 4 heterocycles. The van der Waals surface area contributed by atoms with Crippen molar-refractivity contribution in [2.45, 2.75) is 41.6 Å². The van der Waals surface area contributed by atoms with Crippen LogP contribution in [0.15, 0.2) is 33.2 Å². The number of nitrogens with zero attached hydrogens (tertiary/aromatic N) is 5. The molecule has 182 valence electrons. The van der Waals surface area contributed by atoms with Crippen LogP contribution in [-0.4, -0.2) is 83.2 Å². The Morgan fingerprint density at radius 3 is 2.91 bits per heavy atom. The first-order valence-corrected chi connectivity index (χ1v) is 12.9. The third-order valence-corrected chi connectivity index (χ3v) is 7.76. The Hall–Kier alpha value is -1.65. The van der Waals surface area contributed by atoms with E-state index in [-0.39, 0.29) is 12.3 Å². The standard InChI is InChI=1S/C19H19BrClN5O6S2/c1-2-31-16-14(26-5-9(24-25-26)17-23-12(21)7-33-17)15(28)10(6-27)32-19(16)34-11-3-8(20)4-22-13(11)18(29)30/h3-5,7,10,14-16,19,27-28H,2,6H2,1H3,(H,29,30)/t10?,14-,15-,16?,19+/m0/s1. The predicted octanol–water partition coefficient (Wildman–Crippen LogP) is 2.73. The lowest BCUT2D eigenvalue weighted by Gasteiger charge is -2.43. The molecule has 0 saturated carbocycles. The fourth-order valence-electron chi connectivity index (χ4n) is 3.52. The van der Waals surface area contributed by atoms with Crippen LogP contribution in [0.1, 0.15) is 23.5 Å². The molecule has 0 spiro atoms. The van der Waals surface area contributed by atoms with E-state index in [1.54, 1.807) is 24.6 Å². The van der Waals surface area contributed by atoms with Crippen LogP contribution in [0.4, 0.5) is 0 Å². The zero-order valence-corrected chi connectivity index (χ0v) is 21.5. The molecule has 0 bridgehead atoms. The van der Waals surface area contributed by atoms with Crippen LogP contribution >= 0.6 is 50.6 Å². The molecule has 1 aliphatic rings. The summed E-state index contributed by atoms with van der Waals surface area (Å²) in [5.74, 6) is -1.20. The average molecular weight is 593 g/mol. The van der Waals surface area contributed by atoms with Gasteiger partial charge in [-0.3, -0.25) is 0 Å². The van der Waals surface area contributed by atoms with Gasteiger partial charge in [-0.05, 0) is 28.9 Å². The second kappa shape index (κ2) is 11.0. The number of carbonyl (C=O) groups is 1. The van der Waals surface area contributed by atoms with Crippen molar-refractivity contribution in [1.29, 1.82) is 0 Å². The fourth-order valence-corrected chi connectivity index (χ4v) is 6.16. The monoisotopic (exact) mass is 591 g/mol. The third-order valence-electron chi connectivity index (χ3n) is 4.96. The van der Waals surface area contributed by atoms with Gasteiger partial charge in [0, 0.05) is 27.6 Å². The smallest absolute Gasteiger partial charge is 0.355 e. The van der Waals surface area contributed by atoms with Gasteiger partial charge in [-0.1, -0.05) is 28.6 Å². The maximum absolute atomic E-state index is 11.7. The number of rotatable bonds is 8. The number of thioether (sulfide) groups is 1. The predicted molar refractivity (Wildman–Crippen MR) is 127 cm³/mol. The number of carboxylic acid groups (broad SMARTS) is 1. The van der Waals surface area contributed by atoms with Gasteiger partial charge in [0.15, 0.2) is 5.69 Å². The Balaban J connectivity index is 1.71. The van der Waals surface area contributed by atoms with E-state index >= 15 is 0 Å². The zero-order chi connectivity index (χ0) is 24.4. The lowest BCUT2D eigenvalue weighted by Crippen LogP contribution is -2.56. The summed E-state index contributed by atoms with van der Waals surface area (Å²) >= 11 is 11.6. The van der Waals surface area contributed by atoms with Crippen LogP contribution in [0.25, 0.3) is 10.7 Å². The molecule has 15 heteroatoms. The molecular formula is C19H19BrClN5O6S2. The highest BCUT2D eigenvalue weighted by atomic mass is 79.9. The molecule has 3 aromatic heterocycles. The maximum Gasteiger partial charge on any atom is 0.355 e. The van der Waals surface area contributed by atoms with Gasteiger partial charge < -0.3 is 24.8 Å². The van der Waals surface area contributed by atoms with Gasteiger partial charge >= 0.3 is 5.97 Å². The molecule has 1 saturated heterocycles. The Kier molecular flexibility index (Phi) is 8.20. The molecule has 4 rings (SSSR count). The Labute approximate surface area is 215 Å². The van der Waals surface area contributed by atoms with E-state index in [4.69, 9.17) is 21.1 Å². The molecule has 3 N–H and O–H groups in total. The first-order chi connectivity index (χ1) is 16.3. The molecule has 0 radical (unpaired) electrons. The van der Waals surface area contributed by atoms with Gasteiger partial charge in [0.25, 0.3) is 0 Å². The normalized spacial score (nSPS) is 24.9. The molecule has 0 aromatic carbocycles. The Morgan fingerprint density at radius 1 is 1.47 bits per heavy atom. The number of aromatic nitrogens is 5. The van der Waals surface area contributed by atoms with Crippen LogP contribution < -0.4 is 0 Å². The molecule has 1 fully saturated rings. The van der Waals surface area contributed by atoms with Crippen LogP contribution in [-0.2, 0) is 9.47 Å². The topological polar surface area (TPSA) is 153 Å². The van der Waals surface area contributed by atoms with Gasteiger partial charge in [0.05, 0.1) is 12.8 Å². The number of hydrogen-bond acceptors (Lipinski definition) is 11. The lowest BCUT2D eigenvalue weighted by atomic mass is 9.97. The second-order valence-electron chi connectivity index (χ2n) is 7.11. The molecule has 34 heavy (non-hydrogen) atoms. The van der Waals surface area contributed by atoms with Crippen molar-refractivity contribution >= 4 is 56.6 Å². The van der Waals surface area contributed by atoms with Crippen molar-refractivity contribution in [3.63, 3.8) is 0 Å². The molecule has 11 nitrogen and oxygen atoms in total. The van der Waals surface area contributed by atoms with Gasteiger partial charge in [0.2, 0.25) is 0 Å². The van der Waals surface area contributed by atoms with Crippen molar-refractivity contribution in [3.8, 4) is 10.7 Å². The number of thiazole rings is 1. The van der Waals surface area contributed by atoms with E-state index in [0.29, 0.717) is 25.2 Å². The summed E-state index contributed by atoms with van der Waals surface area (Å²) in [6.45, 7) is 1.60. The number of aliphatic hydroxyl groups excluding tert-OH is 2. The molecule has 1 aliphatic heterocycles. The Bertz CT molecular complexity index is 1170. The van der Waals surface area contributed by atoms with E-state index in [9.17, 15) is 20.1 Å². The van der Waals surface area contributed by atoms with Crippen LogP contribution in [0, 0.1) is 0 Å². The second-order valence-corrected chi connectivity index (χ2v) is 10.4. The highest BCUT2D eigenvalue weighted by molar-refractivity contribution is 9.10. The molecule has 5 atom stereocenters. The van der Waals surface area contributed by atoms with Crippen molar-refractivity contribution < 1.29 is 29.6 Å². The van der Waals surface area contributed by atoms with Crippen LogP contribution in [0.3, 0.4) is 0 Å². The minimum atomic E-state index is -1.20. The van der Waals surface area contributed by atoms with Crippen LogP contribution in [0.5, 0.6) is 0 Å². The van der Waals surface area contributed by atoms with Gasteiger partial charge in [-0.25, -0.2) is 19.4 Å². The summed E-state index contributed by atoms with van der Waals surface area (Å²) < 4.78 is 13.9. The quantitative estimate of drug-likeness (QED) is 0.354. The maximum atomic E-state index is 11.7. The SMILES string of the molecule is CCOC1[C@@H](Sc2cc(Br)cnc2C(=O)O)OC(CO)[C@H](O)[C@@H]1n1cc(-c2nc(Cl)cs2)nn1. The highest BCUT2D eigenvalue weighted by Crippen LogP contribution is 2.41. The van der Waals surface area contributed by atoms with Gasteiger partial charge in [0.1, 0.15) is 45.6 Å². The van der Waals surface area contributed by atoms with Crippen molar-refractivity contribution in [2.24, 2.45) is 0 Å². The van der Waals surface area contributed by atoms with E-state index in [0.717, 1.165) is 11.8 Å². The third kappa shape index (κ3) is 5.28.